The lowest BCUT2D eigenvalue weighted by atomic mass is 9.85. The van der Waals surface area contributed by atoms with Gasteiger partial charge in [-0.25, -0.2) is 19.2 Å². The van der Waals surface area contributed by atoms with Crippen molar-refractivity contribution in [3.05, 3.63) is 79.9 Å². The monoisotopic (exact) mass is 616 g/mol. The largest absolute Gasteiger partial charge is 0.464 e. The van der Waals surface area contributed by atoms with Crippen molar-refractivity contribution in [2.75, 3.05) is 26.4 Å². The second kappa shape index (κ2) is 14.5. The predicted octanol–water partition coefficient (Wildman–Crippen LogP) is 2.51. The van der Waals surface area contributed by atoms with Gasteiger partial charge in [0.05, 0.1) is 48.5 Å². The fraction of sp³-hybridized carbons (Fsp3) is 0.429. The van der Waals surface area contributed by atoms with E-state index in [1.54, 1.807) is 0 Å². The minimum atomic E-state index is -2.47. The van der Waals surface area contributed by atoms with Crippen LogP contribution in [-0.2, 0) is 38.1 Å². The Labute approximate surface area is 251 Å². The summed E-state index contributed by atoms with van der Waals surface area (Å²) in [5, 5.41) is 25.7. The standard InChI is InChI=1S/C28H32N4O12/c1-5-41-24(33)21(25(34)42-6-2)30-22(17-9-13-19(14-10-17)31(37)38)28(26(35)43-7-3,27(36)44-8-4)29-23(30)18-11-15-20(16-12-18)32(39)40/h9-16,21-23,29H,5-8H2,1-4H3/t22-,23-/m1/s1. The van der Waals surface area contributed by atoms with Crippen molar-refractivity contribution in [2.24, 2.45) is 0 Å². The smallest absolute Gasteiger partial charge is 0.340 e. The molecule has 236 valence electrons. The number of nitrogens with one attached hydrogen (secondary N) is 1. The average Bonchev–Trinajstić information content (AvgIpc) is 3.34. The molecule has 0 spiro atoms. The second-order valence-electron chi connectivity index (χ2n) is 9.25. The molecule has 1 heterocycles. The number of nitrogens with zero attached hydrogens (tertiary/aromatic N) is 3. The van der Waals surface area contributed by atoms with E-state index < -0.39 is 57.5 Å². The van der Waals surface area contributed by atoms with Crippen LogP contribution in [0.15, 0.2) is 48.5 Å². The van der Waals surface area contributed by atoms with E-state index >= 15 is 0 Å². The quantitative estimate of drug-likeness (QED) is 0.113. The molecule has 0 radical (unpaired) electrons. The lowest BCUT2D eigenvalue weighted by molar-refractivity contribution is -0.385. The molecule has 2 atom stereocenters. The minimum Gasteiger partial charge on any atom is -0.464 e. The van der Waals surface area contributed by atoms with Crippen LogP contribution in [0.5, 0.6) is 0 Å². The van der Waals surface area contributed by atoms with Crippen LogP contribution >= 0.6 is 0 Å². The molecular weight excluding hydrogens is 584 g/mol. The topological polar surface area (TPSA) is 207 Å². The lowest BCUT2D eigenvalue weighted by Crippen LogP contribution is -2.60. The number of nitro benzene ring substituents is 2. The zero-order valence-corrected chi connectivity index (χ0v) is 24.4. The molecule has 16 nitrogen and oxygen atoms in total. The van der Waals surface area contributed by atoms with E-state index in [4.69, 9.17) is 18.9 Å². The number of nitro groups is 2. The van der Waals surface area contributed by atoms with Gasteiger partial charge in [-0.3, -0.25) is 30.4 Å². The van der Waals surface area contributed by atoms with E-state index in [2.05, 4.69) is 5.32 Å². The Balaban J connectivity index is 2.45. The van der Waals surface area contributed by atoms with Gasteiger partial charge in [0.25, 0.3) is 11.4 Å². The number of hydrogen-bond acceptors (Lipinski definition) is 14. The van der Waals surface area contributed by atoms with E-state index in [0.29, 0.717) is 0 Å². The summed E-state index contributed by atoms with van der Waals surface area (Å²) in [6.07, 6.45) is -1.37. The van der Waals surface area contributed by atoms with Crippen molar-refractivity contribution < 1.29 is 48.0 Å². The van der Waals surface area contributed by atoms with Crippen LogP contribution in [-0.4, -0.2) is 76.6 Å². The highest BCUT2D eigenvalue weighted by atomic mass is 16.6. The van der Waals surface area contributed by atoms with E-state index in [-0.39, 0.29) is 48.9 Å². The molecule has 0 aromatic heterocycles. The molecule has 16 heteroatoms. The van der Waals surface area contributed by atoms with Crippen LogP contribution in [0.25, 0.3) is 0 Å². The molecule has 2 aromatic carbocycles. The first-order valence-electron chi connectivity index (χ1n) is 13.7. The third kappa shape index (κ3) is 6.50. The van der Waals surface area contributed by atoms with Gasteiger partial charge in [-0.2, -0.15) is 0 Å². The summed E-state index contributed by atoms with van der Waals surface area (Å²) in [4.78, 5) is 77.4. The molecule has 3 rings (SSSR count). The fourth-order valence-electron chi connectivity index (χ4n) is 4.97. The van der Waals surface area contributed by atoms with Gasteiger partial charge in [0.1, 0.15) is 0 Å². The summed E-state index contributed by atoms with van der Waals surface area (Å²) < 4.78 is 21.1. The predicted molar refractivity (Wildman–Crippen MR) is 150 cm³/mol. The van der Waals surface area contributed by atoms with Crippen molar-refractivity contribution in [3.8, 4) is 0 Å². The van der Waals surface area contributed by atoms with Gasteiger partial charge in [-0.1, -0.05) is 12.1 Å². The molecule has 44 heavy (non-hydrogen) atoms. The Morgan fingerprint density at radius 2 is 1.11 bits per heavy atom. The Morgan fingerprint density at radius 3 is 1.48 bits per heavy atom. The van der Waals surface area contributed by atoms with E-state index in [1.165, 1.54) is 52.0 Å². The summed E-state index contributed by atoms with van der Waals surface area (Å²) in [5.74, 6) is -4.45. The highest BCUT2D eigenvalue weighted by Crippen LogP contribution is 2.48. The Kier molecular flexibility index (Phi) is 11.0. The first kappa shape index (κ1) is 33.5. The summed E-state index contributed by atoms with van der Waals surface area (Å²) in [7, 11) is 0. The molecule has 0 bridgehead atoms. The molecule has 2 aromatic rings. The molecule has 0 unspecified atom stereocenters. The fourth-order valence-corrected chi connectivity index (χ4v) is 4.97. The van der Waals surface area contributed by atoms with Crippen LogP contribution in [0.2, 0.25) is 0 Å². The van der Waals surface area contributed by atoms with Gasteiger partial charge < -0.3 is 18.9 Å². The number of benzene rings is 2. The molecule has 1 N–H and O–H groups in total. The number of esters is 4. The molecule has 0 aliphatic carbocycles. The van der Waals surface area contributed by atoms with Crippen molar-refractivity contribution >= 4 is 35.3 Å². The van der Waals surface area contributed by atoms with Gasteiger partial charge in [0, 0.05) is 24.3 Å². The van der Waals surface area contributed by atoms with E-state index in [0.717, 1.165) is 29.2 Å². The maximum atomic E-state index is 13.9. The Hall–Kier alpha value is -4.96. The highest BCUT2D eigenvalue weighted by Gasteiger charge is 2.67. The number of non-ortho nitro benzene ring substituents is 2. The first-order chi connectivity index (χ1) is 21.0. The van der Waals surface area contributed by atoms with Crippen molar-refractivity contribution in [3.63, 3.8) is 0 Å². The number of ether oxygens (including phenoxy) is 4. The maximum Gasteiger partial charge on any atom is 0.340 e. The minimum absolute atomic E-state index is 0.0761. The molecule has 1 saturated heterocycles. The second-order valence-corrected chi connectivity index (χ2v) is 9.25. The molecular formula is C28H32N4O12. The Bertz CT molecular complexity index is 1360. The van der Waals surface area contributed by atoms with Crippen LogP contribution in [0.3, 0.4) is 0 Å². The average molecular weight is 617 g/mol. The summed E-state index contributed by atoms with van der Waals surface area (Å²) >= 11 is 0. The van der Waals surface area contributed by atoms with Crippen LogP contribution in [0.1, 0.15) is 51.0 Å². The van der Waals surface area contributed by atoms with Crippen LogP contribution in [0.4, 0.5) is 11.4 Å². The van der Waals surface area contributed by atoms with Gasteiger partial charge in [0.2, 0.25) is 11.6 Å². The zero-order valence-electron chi connectivity index (χ0n) is 24.4. The first-order valence-corrected chi connectivity index (χ1v) is 13.7. The maximum absolute atomic E-state index is 13.9. The third-order valence-corrected chi connectivity index (χ3v) is 6.72. The SMILES string of the molecule is CCOC(=O)C(C(=O)OCC)N1[C@H](c2ccc([N+](=O)[O-])cc2)NC(C(=O)OCC)(C(=O)OCC)[C@H]1c1ccc([N+](=O)[O-])cc1. The van der Waals surface area contributed by atoms with Crippen molar-refractivity contribution in [1.29, 1.82) is 0 Å². The van der Waals surface area contributed by atoms with Crippen LogP contribution in [0, 0.1) is 20.2 Å². The van der Waals surface area contributed by atoms with E-state index in [1.807, 2.05) is 0 Å². The van der Waals surface area contributed by atoms with Gasteiger partial charge in [0.15, 0.2) is 0 Å². The van der Waals surface area contributed by atoms with Crippen molar-refractivity contribution in [2.45, 2.75) is 51.5 Å². The summed E-state index contributed by atoms with van der Waals surface area (Å²) in [6, 6.07) is 6.21. The highest BCUT2D eigenvalue weighted by molar-refractivity contribution is 6.07. The molecule has 1 fully saturated rings. The lowest BCUT2D eigenvalue weighted by Gasteiger charge is -2.36. The molecule has 1 aliphatic rings. The van der Waals surface area contributed by atoms with Crippen molar-refractivity contribution in [1.82, 2.24) is 10.2 Å². The molecule has 0 amide bonds. The third-order valence-electron chi connectivity index (χ3n) is 6.72. The zero-order chi connectivity index (χ0) is 32.6. The van der Waals surface area contributed by atoms with Gasteiger partial charge >= 0.3 is 23.9 Å². The summed E-state index contributed by atoms with van der Waals surface area (Å²) in [6.45, 7) is 5.34. The summed E-state index contributed by atoms with van der Waals surface area (Å²) in [5.41, 5.74) is -2.79. The normalized spacial score (nSPS) is 17.5. The number of carbonyl (C=O) groups excluding carboxylic acids is 4. The number of hydrogen-bond donors (Lipinski definition) is 1. The Morgan fingerprint density at radius 1 is 0.727 bits per heavy atom. The van der Waals surface area contributed by atoms with E-state index in [9.17, 15) is 39.4 Å². The van der Waals surface area contributed by atoms with Crippen LogP contribution < -0.4 is 5.32 Å². The molecule has 0 saturated carbocycles. The number of rotatable bonds is 13. The molecule has 1 aliphatic heterocycles. The van der Waals surface area contributed by atoms with Gasteiger partial charge in [-0.05, 0) is 51.0 Å². The number of carbonyl (C=O) groups is 4. The van der Waals surface area contributed by atoms with Gasteiger partial charge in [-0.15, -0.1) is 0 Å².